The standard InChI is InChI=1S/C9H21N5O2/c1-9(2,3)16-7(15)6-12-14-8(10-4)13-11-5/h11-12H,6H2,1-5H3,(H2,10,13,14). The molecule has 0 rings (SSSR count). The third-order valence-corrected chi connectivity index (χ3v) is 1.33. The lowest BCUT2D eigenvalue weighted by molar-refractivity contribution is -0.153. The van der Waals surface area contributed by atoms with Crippen molar-refractivity contribution in [3.8, 4) is 0 Å². The van der Waals surface area contributed by atoms with Crippen molar-refractivity contribution in [1.29, 1.82) is 0 Å². The van der Waals surface area contributed by atoms with Crippen LogP contribution in [0.5, 0.6) is 0 Å². The molecule has 0 aliphatic rings. The predicted octanol–water partition coefficient (Wildman–Crippen LogP) is -0.868. The van der Waals surface area contributed by atoms with Gasteiger partial charge in [0.25, 0.3) is 0 Å². The number of esters is 1. The molecule has 7 nitrogen and oxygen atoms in total. The van der Waals surface area contributed by atoms with E-state index in [0.717, 1.165) is 0 Å². The Morgan fingerprint density at radius 1 is 1.31 bits per heavy atom. The number of nitrogens with zero attached hydrogens (tertiary/aromatic N) is 1. The minimum atomic E-state index is -0.469. The lowest BCUT2D eigenvalue weighted by Gasteiger charge is -2.20. The molecular formula is C9H21N5O2. The SMILES string of the molecule is CN=C(NNC)NNCC(=O)OC(C)(C)C. The molecule has 0 aromatic heterocycles. The minimum absolute atomic E-state index is 0.0572. The van der Waals surface area contributed by atoms with Gasteiger partial charge in [-0.1, -0.05) is 0 Å². The van der Waals surface area contributed by atoms with Crippen LogP contribution in [0.4, 0.5) is 0 Å². The maximum atomic E-state index is 11.3. The van der Waals surface area contributed by atoms with E-state index in [-0.39, 0.29) is 12.5 Å². The van der Waals surface area contributed by atoms with E-state index in [4.69, 9.17) is 4.74 Å². The van der Waals surface area contributed by atoms with Crippen LogP contribution >= 0.6 is 0 Å². The Morgan fingerprint density at radius 3 is 2.38 bits per heavy atom. The number of carbonyl (C=O) groups excluding carboxylic acids is 1. The first kappa shape index (κ1) is 14.7. The van der Waals surface area contributed by atoms with Gasteiger partial charge in [0, 0.05) is 14.1 Å². The second-order valence-corrected chi connectivity index (χ2v) is 4.01. The van der Waals surface area contributed by atoms with Gasteiger partial charge in [-0.05, 0) is 20.8 Å². The average Bonchev–Trinajstić information content (AvgIpc) is 2.13. The highest BCUT2D eigenvalue weighted by atomic mass is 16.6. The van der Waals surface area contributed by atoms with E-state index in [1.807, 2.05) is 20.8 Å². The summed E-state index contributed by atoms with van der Waals surface area (Å²) in [6.45, 7) is 5.52. The lowest BCUT2D eigenvalue weighted by Crippen LogP contribution is -2.51. The summed E-state index contributed by atoms with van der Waals surface area (Å²) in [5.41, 5.74) is 10.4. The number of guanidine groups is 1. The smallest absolute Gasteiger partial charge is 0.322 e. The van der Waals surface area contributed by atoms with Crippen LogP contribution in [-0.4, -0.2) is 38.2 Å². The minimum Gasteiger partial charge on any atom is -0.459 e. The summed E-state index contributed by atoms with van der Waals surface area (Å²) in [5.74, 6) is 0.144. The first-order valence-electron chi connectivity index (χ1n) is 4.99. The molecule has 16 heavy (non-hydrogen) atoms. The van der Waals surface area contributed by atoms with E-state index in [0.29, 0.717) is 5.96 Å². The zero-order valence-electron chi connectivity index (χ0n) is 10.5. The quantitative estimate of drug-likeness (QED) is 0.218. The van der Waals surface area contributed by atoms with Crippen molar-refractivity contribution < 1.29 is 9.53 Å². The number of hydrazine groups is 2. The molecule has 0 fully saturated rings. The van der Waals surface area contributed by atoms with Gasteiger partial charge in [0.15, 0.2) is 0 Å². The van der Waals surface area contributed by atoms with E-state index < -0.39 is 5.60 Å². The molecule has 0 atom stereocenters. The molecule has 0 radical (unpaired) electrons. The topological polar surface area (TPSA) is 86.8 Å². The van der Waals surface area contributed by atoms with Crippen LogP contribution in [0.2, 0.25) is 0 Å². The summed E-state index contributed by atoms with van der Waals surface area (Å²) in [7, 11) is 3.32. The van der Waals surface area contributed by atoms with Crippen LogP contribution in [0.25, 0.3) is 0 Å². The molecule has 0 aliphatic carbocycles. The Morgan fingerprint density at radius 2 is 1.94 bits per heavy atom. The zero-order valence-corrected chi connectivity index (χ0v) is 10.5. The third-order valence-electron chi connectivity index (χ3n) is 1.33. The molecule has 0 unspecified atom stereocenters. The fraction of sp³-hybridized carbons (Fsp3) is 0.778. The van der Waals surface area contributed by atoms with Gasteiger partial charge in [-0.2, -0.15) is 0 Å². The average molecular weight is 231 g/mol. The Labute approximate surface area is 96.0 Å². The van der Waals surface area contributed by atoms with Crippen LogP contribution in [0.15, 0.2) is 4.99 Å². The van der Waals surface area contributed by atoms with Crippen molar-refractivity contribution in [3.63, 3.8) is 0 Å². The van der Waals surface area contributed by atoms with Crippen molar-refractivity contribution in [3.05, 3.63) is 0 Å². The number of rotatable bonds is 4. The molecule has 4 N–H and O–H groups in total. The van der Waals surface area contributed by atoms with Gasteiger partial charge >= 0.3 is 5.97 Å². The Bertz CT molecular complexity index is 247. The van der Waals surface area contributed by atoms with Gasteiger partial charge < -0.3 is 4.74 Å². The summed E-state index contributed by atoms with van der Waals surface area (Å²) in [6, 6.07) is 0. The predicted molar refractivity (Wildman–Crippen MR) is 62.5 cm³/mol. The Hall–Kier alpha value is -1.34. The first-order valence-corrected chi connectivity index (χ1v) is 4.99. The number of ether oxygens (including phenoxy) is 1. The maximum absolute atomic E-state index is 11.3. The van der Waals surface area contributed by atoms with E-state index in [1.165, 1.54) is 0 Å². The number of hydrogen-bond acceptors (Lipinski definition) is 5. The molecule has 0 bridgehead atoms. The van der Waals surface area contributed by atoms with E-state index in [9.17, 15) is 4.79 Å². The number of nitrogens with one attached hydrogen (secondary N) is 4. The van der Waals surface area contributed by atoms with Crippen LogP contribution in [0, 0.1) is 0 Å². The lowest BCUT2D eigenvalue weighted by atomic mass is 10.2. The van der Waals surface area contributed by atoms with Crippen molar-refractivity contribution >= 4 is 11.9 Å². The molecule has 0 saturated heterocycles. The summed E-state index contributed by atoms with van der Waals surface area (Å²) in [4.78, 5) is 15.2. The Balaban J connectivity index is 3.77. The van der Waals surface area contributed by atoms with Gasteiger partial charge in [0.05, 0.1) is 0 Å². The molecule has 0 heterocycles. The van der Waals surface area contributed by atoms with E-state index in [2.05, 4.69) is 26.7 Å². The van der Waals surface area contributed by atoms with Gasteiger partial charge in [-0.3, -0.25) is 20.6 Å². The highest BCUT2D eigenvalue weighted by Crippen LogP contribution is 2.05. The fourth-order valence-corrected chi connectivity index (χ4v) is 0.839. The van der Waals surface area contributed by atoms with Crippen molar-refractivity contribution in [2.24, 2.45) is 4.99 Å². The molecule has 0 aromatic carbocycles. The zero-order chi connectivity index (χ0) is 12.6. The second kappa shape index (κ2) is 7.02. The molecule has 0 amide bonds. The van der Waals surface area contributed by atoms with Gasteiger partial charge in [0.2, 0.25) is 5.96 Å². The monoisotopic (exact) mass is 231 g/mol. The Kier molecular flexibility index (Phi) is 6.43. The maximum Gasteiger partial charge on any atom is 0.322 e. The molecule has 0 saturated carbocycles. The normalized spacial score (nSPS) is 12.2. The number of carbonyl (C=O) groups is 1. The van der Waals surface area contributed by atoms with Crippen LogP contribution in [0.1, 0.15) is 20.8 Å². The second-order valence-electron chi connectivity index (χ2n) is 4.01. The van der Waals surface area contributed by atoms with Crippen LogP contribution in [-0.2, 0) is 9.53 Å². The molecule has 0 aliphatic heterocycles. The number of aliphatic imine (C=N–C) groups is 1. The summed E-state index contributed by atoms with van der Waals surface area (Å²) in [5, 5.41) is 0. The van der Waals surface area contributed by atoms with Gasteiger partial charge in [0.1, 0.15) is 12.1 Å². The molecular weight excluding hydrogens is 210 g/mol. The van der Waals surface area contributed by atoms with Crippen LogP contribution < -0.4 is 21.7 Å². The highest BCUT2D eigenvalue weighted by Gasteiger charge is 2.15. The van der Waals surface area contributed by atoms with Gasteiger partial charge in [-0.25, -0.2) is 10.9 Å². The van der Waals surface area contributed by atoms with E-state index >= 15 is 0 Å². The van der Waals surface area contributed by atoms with Crippen molar-refractivity contribution in [2.75, 3.05) is 20.6 Å². The number of hydrogen-bond donors (Lipinski definition) is 4. The van der Waals surface area contributed by atoms with Crippen molar-refractivity contribution in [2.45, 2.75) is 26.4 Å². The first-order chi connectivity index (χ1) is 7.39. The largest absolute Gasteiger partial charge is 0.459 e. The summed E-state index contributed by atoms with van der Waals surface area (Å²) < 4.78 is 5.10. The molecule has 94 valence electrons. The summed E-state index contributed by atoms with van der Waals surface area (Å²) >= 11 is 0. The molecule has 0 aromatic rings. The molecule has 0 spiro atoms. The summed E-state index contributed by atoms with van der Waals surface area (Å²) in [6.07, 6.45) is 0. The third kappa shape index (κ3) is 8.01. The molecule has 7 heteroatoms. The highest BCUT2D eigenvalue weighted by molar-refractivity contribution is 5.79. The van der Waals surface area contributed by atoms with Gasteiger partial charge in [-0.15, -0.1) is 0 Å². The van der Waals surface area contributed by atoms with Crippen molar-refractivity contribution in [1.82, 2.24) is 21.7 Å². The fourth-order valence-electron chi connectivity index (χ4n) is 0.839. The van der Waals surface area contributed by atoms with Crippen LogP contribution in [0.3, 0.4) is 0 Å². The van der Waals surface area contributed by atoms with E-state index in [1.54, 1.807) is 14.1 Å².